The van der Waals surface area contributed by atoms with Crippen LogP contribution in [-0.4, -0.2) is 11.1 Å². The third kappa shape index (κ3) is 3.47. The zero-order valence-corrected chi connectivity index (χ0v) is 11.1. The number of rotatable bonds is 5. The second kappa shape index (κ2) is 5.31. The zero-order valence-electron chi connectivity index (χ0n) is 11.1. The fourth-order valence-corrected chi connectivity index (χ4v) is 1.95. The standard InChI is InChI=1S/C16H18N2O/c1-12-3-2-4-13(9-12)10-17-16-8-7-15(11-18-16)19-14-5-6-14/h2-4,7-9,11,14H,5-6,10H2,1H3,(H,17,18). The fraction of sp³-hybridized carbons (Fsp3) is 0.312. The number of hydrogen-bond acceptors (Lipinski definition) is 3. The van der Waals surface area contributed by atoms with E-state index in [1.54, 1.807) is 6.20 Å². The molecule has 0 unspecified atom stereocenters. The van der Waals surface area contributed by atoms with Crippen molar-refractivity contribution in [3.63, 3.8) is 0 Å². The molecule has 3 rings (SSSR count). The number of benzene rings is 1. The highest BCUT2D eigenvalue weighted by Gasteiger charge is 2.23. The van der Waals surface area contributed by atoms with Crippen molar-refractivity contribution in [3.05, 3.63) is 53.7 Å². The maximum Gasteiger partial charge on any atom is 0.138 e. The van der Waals surface area contributed by atoms with Crippen LogP contribution >= 0.6 is 0 Å². The number of nitrogens with one attached hydrogen (secondary N) is 1. The first-order valence-corrected chi connectivity index (χ1v) is 6.72. The highest BCUT2D eigenvalue weighted by molar-refractivity contribution is 5.38. The average Bonchev–Trinajstić information content (AvgIpc) is 3.22. The molecule has 0 bridgehead atoms. The molecule has 1 fully saturated rings. The fourth-order valence-electron chi connectivity index (χ4n) is 1.95. The minimum absolute atomic E-state index is 0.424. The van der Waals surface area contributed by atoms with Gasteiger partial charge < -0.3 is 10.1 Å². The third-order valence-corrected chi connectivity index (χ3v) is 3.12. The van der Waals surface area contributed by atoms with Crippen LogP contribution in [0.1, 0.15) is 24.0 Å². The van der Waals surface area contributed by atoms with Crippen molar-refractivity contribution in [3.8, 4) is 5.75 Å². The van der Waals surface area contributed by atoms with Gasteiger partial charge in [-0.1, -0.05) is 29.8 Å². The SMILES string of the molecule is Cc1cccc(CNc2ccc(OC3CC3)cn2)c1. The largest absolute Gasteiger partial charge is 0.489 e. The molecule has 1 heterocycles. The van der Waals surface area contributed by atoms with Crippen molar-refractivity contribution in [1.82, 2.24) is 4.98 Å². The van der Waals surface area contributed by atoms with Crippen LogP contribution < -0.4 is 10.1 Å². The molecule has 0 amide bonds. The summed E-state index contributed by atoms with van der Waals surface area (Å²) in [4.78, 5) is 4.36. The lowest BCUT2D eigenvalue weighted by Gasteiger charge is -2.08. The van der Waals surface area contributed by atoms with Gasteiger partial charge in [0.05, 0.1) is 12.3 Å². The Kier molecular flexibility index (Phi) is 3.36. The van der Waals surface area contributed by atoms with Crippen LogP contribution in [0.5, 0.6) is 5.75 Å². The second-order valence-electron chi connectivity index (χ2n) is 5.04. The summed E-state index contributed by atoms with van der Waals surface area (Å²) in [5, 5.41) is 3.32. The first kappa shape index (κ1) is 12.0. The van der Waals surface area contributed by atoms with Gasteiger partial charge >= 0.3 is 0 Å². The lowest BCUT2D eigenvalue weighted by Crippen LogP contribution is -2.02. The molecule has 1 aromatic carbocycles. The van der Waals surface area contributed by atoms with Gasteiger partial charge in [0.25, 0.3) is 0 Å². The molecular weight excluding hydrogens is 236 g/mol. The minimum Gasteiger partial charge on any atom is -0.489 e. The molecule has 1 saturated carbocycles. The number of pyridine rings is 1. The molecule has 0 aliphatic heterocycles. The Morgan fingerprint density at radius 2 is 2.16 bits per heavy atom. The van der Waals surface area contributed by atoms with E-state index in [4.69, 9.17) is 4.74 Å². The van der Waals surface area contributed by atoms with Gasteiger partial charge in [-0.15, -0.1) is 0 Å². The number of hydrogen-bond donors (Lipinski definition) is 1. The van der Waals surface area contributed by atoms with Gasteiger partial charge in [-0.3, -0.25) is 0 Å². The monoisotopic (exact) mass is 254 g/mol. The summed E-state index contributed by atoms with van der Waals surface area (Å²) in [6.07, 6.45) is 4.56. The summed E-state index contributed by atoms with van der Waals surface area (Å²) in [6, 6.07) is 12.4. The van der Waals surface area contributed by atoms with Gasteiger partial charge in [0, 0.05) is 6.54 Å². The molecule has 3 nitrogen and oxygen atoms in total. The lowest BCUT2D eigenvalue weighted by atomic mass is 10.1. The van der Waals surface area contributed by atoms with Crippen molar-refractivity contribution in [2.24, 2.45) is 0 Å². The highest BCUT2D eigenvalue weighted by Crippen LogP contribution is 2.26. The molecule has 0 saturated heterocycles. The number of nitrogens with zero attached hydrogens (tertiary/aromatic N) is 1. The van der Waals surface area contributed by atoms with Crippen LogP contribution in [0.3, 0.4) is 0 Å². The van der Waals surface area contributed by atoms with Gasteiger partial charge in [-0.05, 0) is 37.5 Å². The van der Waals surface area contributed by atoms with E-state index < -0.39 is 0 Å². The van der Waals surface area contributed by atoms with Crippen LogP contribution in [0.2, 0.25) is 0 Å². The Bertz CT molecular complexity index is 547. The number of anilines is 1. The average molecular weight is 254 g/mol. The molecule has 3 heteroatoms. The number of ether oxygens (including phenoxy) is 1. The number of aryl methyl sites for hydroxylation is 1. The van der Waals surface area contributed by atoms with E-state index >= 15 is 0 Å². The molecule has 19 heavy (non-hydrogen) atoms. The van der Waals surface area contributed by atoms with E-state index in [0.717, 1.165) is 18.1 Å². The van der Waals surface area contributed by atoms with Crippen LogP contribution in [0, 0.1) is 6.92 Å². The maximum absolute atomic E-state index is 5.67. The van der Waals surface area contributed by atoms with Crippen molar-refractivity contribution in [2.45, 2.75) is 32.4 Å². The normalized spacial score (nSPS) is 14.2. The second-order valence-corrected chi connectivity index (χ2v) is 5.04. The van der Waals surface area contributed by atoms with E-state index in [1.807, 2.05) is 12.1 Å². The third-order valence-electron chi connectivity index (χ3n) is 3.12. The van der Waals surface area contributed by atoms with Gasteiger partial charge in [0.15, 0.2) is 0 Å². The molecule has 2 aromatic rings. The Morgan fingerprint density at radius 1 is 1.26 bits per heavy atom. The summed E-state index contributed by atoms with van der Waals surface area (Å²) in [5.74, 6) is 1.74. The number of aromatic nitrogens is 1. The van der Waals surface area contributed by atoms with E-state index in [9.17, 15) is 0 Å². The van der Waals surface area contributed by atoms with Crippen molar-refractivity contribution < 1.29 is 4.74 Å². The Morgan fingerprint density at radius 3 is 2.84 bits per heavy atom. The topological polar surface area (TPSA) is 34.1 Å². The van der Waals surface area contributed by atoms with Gasteiger partial charge in [-0.2, -0.15) is 0 Å². The molecule has 1 aromatic heterocycles. The predicted molar refractivity (Wildman–Crippen MR) is 76.4 cm³/mol. The van der Waals surface area contributed by atoms with E-state index in [-0.39, 0.29) is 0 Å². The predicted octanol–water partition coefficient (Wildman–Crippen LogP) is 3.54. The smallest absolute Gasteiger partial charge is 0.138 e. The molecule has 0 atom stereocenters. The maximum atomic E-state index is 5.67. The molecule has 98 valence electrons. The van der Waals surface area contributed by atoms with Crippen LogP contribution in [0.25, 0.3) is 0 Å². The summed E-state index contributed by atoms with van der Waals surface area (Å²) >= 11 is 0. The highest BCUT2D eigenvalue weighted by atomic mass is 16.5. The summed E-state index contributed by atoms with van der Waals surface area (Å²) in [7, 11) is 0. The van der Waals surface area contributed by atoms with E-state index in [1.165, 1.54) is 24.0 Å². The molecule has 1 aliphatic carbocycles. The van der Waals surface area contributed by atoms with Crippen molar-refractivity contribution in [2.75, 3.05) is 5.32 Å². The van der Waals surface area contributed by atoms with E-state index in [2.05, 4.69) is 41.5 Å². The summed E-state index contributed by atoms with van der Waals surface area (Å²) in [6.45, 7) is 2.89. The molecule has 0 radical (unpaired) electrons. The van der Waals surface area contributed by atoms with Gasteiger partial charge in [0.2, 0.25) is 0 Å². The quantitative estimate of drug-likeness (QED) is 0.886. The summed E-state index contributed by atoms with van der Waals surface area (Å²) < 4.78 is 5.67. The Balaban J connectivity index is 1.57. The first-order chi connectivity index (χ1) is 9.29. The van der Waals surface area contributed by atoms with Gasteiger partial charge in [-0.25, -0.2) is 4.98 Å². The van der Waals surface area contributed by atoms with Crippen LogP contribution in [0.15, 0.2) is 42.6 Å². The minimum atomic E-state index is 0.424. The van der Waals surface area contributed by atoms with E-state index in [0.29, 0.717) is 6.10 Å². The van der Waals surface area contributed by atoms with Crippen molar-refractivity contribution in [1.29, 1.82) is 0 Å². The van der Waals surface area contributed by atoms with Crippen LogP contribution in [0.4, 0.5) is 5.82 Å². The molecule has 0 spiro atoms. The zero-order chi connectivity index (χ0) is 13.1. The van der Waals surface area contributed by atoms with Crippen LogP contribution in [-0.2, 0) is 6.54 Å². The molecular formula is C16H18N2O. The van der Waals surface area contributed by atoms with Crippen molar-refractivity contribution >= 4 is 5.82 Å². The molecule has 1 N–H and O–H groups in total. The lowest BCUT2D eigenvalue weighted by molar-refractivity contribution is 0.302. The van der Waals surface area contributed by atoms with Gasteiger partial charge in [0.1, 0.15) is 11.6 Å². The summed E-state index contributed by atoms with van der Waals surface area (Å²) in [5.41, 5.74) is 2.54. The molecule has 1 aliphatic rings. The first-order valence-electron chi connectivity index (χ1n) is 6.72. The Labute approximate surface area is 113 Å². The Hall–Kier alpha value is -2.03.